The Labute approximate surface area is 141 Å². The van der Waals surface area contributed by atoms with E-state index in [-0.39, 0.29) is 36.2 Å². The zero-order chi connectivity index (χ0) is 17.5. The number of allylic oxidation sites excluding steroid dienone is 1. The molecule has 0 aromatic carbocycles. The third-order valence-corrected chi connectivity index (χ3v) is 8.24. The second kappa shape index (κ2) is 4.57. The van der Waals surface area contributed by atoms with Gasteiger partial charge in [0.15, 0.2) is 5.78 Å². The van der Waals surface area contributed by atoms with Crippen LogP contribution in [0.15, 0.2) is 12.2 Å². The van der Waals surface area contributed by atoms with Crippen LogP contribution >= 0.6 is 0 Å². The minimum atomic E-state index is -1.49. The Morgan fingerprint density at radius 1 is 1.08 bits per heavy atom. The maximum absolute atomic E-state index is 12.8. The van der Waals surface area contributed by atoms with Crippen LogP contribution in [-0.4, -0.2) is 44.2 Å². The Bertz CT molecular complexity index is 656. The summed E-state index contributed by atoms with van der Waals surface area (Å²) in [6, 6.07) is 0. The first-order valence-electron chi connectivity index (χ1n) is 8.98. The third-order valence-electron chi connectivity index (χ3n) is 8.24. The highest BCUT2D eigenvalue weighted by atomic mass is 16.3. The molecular formula is C19H26O5. The highest BCUT2D eigenvalue weighted by molar-refractivity contribution is 5.97. The van der Waals surface area contributed by atoms with Crippen LogP contribution in [0.3, 0.4) is 0 Å². The van der Waals surface area contributed by atoms with E-state index in [4.69, 9.17) is 0 Å². The van der Waals surface area contributed by atoms with Crippen molar-refractivity contribution in [1.82, 2.24) is 0 Å². The van der Waals surface area contributed by atoms with E-state index in [9.17, 15) is 24.9 Å². The van der Waals surface area contributed by atoms with Gasteiger partial charge < -0.3 is 15.3 Å². The van der Waals surface area contributed by atoms with Gasteiger partial charge in [-0.25, -0.2) is 0 Å². The largest absolute Gasteiger partial charge is 0.390 e. The Hall–Kier alpha value is -1.04. The normalized spacial score (nSPS) is 56.6. The third kappa shape index (κ3) is 1.53. The van der Waals surface area contributed by atoms with E-state index in [1.54, 1.807) is 13.0 Å². The van der Waals surface area contributed by atoms with Crippen molar-refractivity contribution >= 4 is 11.6 Å². The van der Waals surface area contributed by atoms with Crippen molar-refractivity contribution in [1.29, 1.82) is 0 Å². The minimum Gasteiger partial charge on any atom is -0.390 e. The number of carbonyl (C=O) groups is 2. The molecule has 0 aromatic rings. The van der Waals surface area contributed by atoms with Gasteiger partial charge in [0.05, 0.1) is 22.5 Å². The lowest BCUT2D eigenvalue weighted by atomic mass is 9.42. The number of ketones is 2. The van der Waals surface area contributed by atoms with Gasteiger partial charge in [-0.15, -0.1) is 0 Å². The first kappa shape index (κ1) is 16.4. The fourth-order valence-corrected chi connectivity index (χ4v) is 6.44. The molecule has 3 fully saturated rings. The molecule has 0 aliphatic heterocycles. The van der Waals surface area contributed by atoms with Crippen LogP contribution < -0.4 is 0 Å². The summed E-state index contributed by atoms with van der Waals surface area (Å²) in [5.74, 6) is -0.675. The van der Waals surface area contributed by atoms with Gasteiger partial charge in [0.25, 0.3) is 0 Å². The molecule has 3 saturated carbocycles. The van der Waals surface area contributed by atoms with Crippen LogP contribution in [0.1, 0.15) is 52.4 Å². The Kier molecular flexibility index (Phi) is 3.13. The molecule has 4 aliphatic carbocycles. The van der Waals surface area contributed by atoms with Gasteiger partial charge in [0.1, 0.15) is 11.4 Å². The second-order valence-corrected chi connectivity index (χ2v) is 8.78. The number of aliphatic hydroxyl groups excluding tert-OH is 1. The average molecular weight is 334 g/mol. The van der Waals surface area contributed by atoms with E-state index in [2.05, 4.69) is 0 Å². The van der Waals surface area contributed by atoms with Crippen LogP contribution in [0.5, 0.6) is 0 Å². The van der Waals surface area contributed by atoms with Gasteiger partial charge >= 0.3 is 0 Å². The molecule has 0 amide bonds. The molecule has 0 saturated heterocycles. The molecule has 5 nitrogen and oxygen atoms in total. The summed E-state index contributed by atoms with van der Waals surface area (Å²) in [6.07, 6.45) is 4.40. The van der Waals surface area contributed by atoms with Crippen molar-refractivity contribution in [3.63, 3.8) is 0 Å². The SMILES string of the molecule is C[C@]12CC[C@H]3[C@@H](C[C@@H](O)[C@@]4(O)CC=CC(=O)[C@]34C)[C@]1(O)CCC2=O. The van der Waals surface area contributed by atoms with E-state index in [1.165, 1.54) is 6.08 Å². The van der Waals surface area contributed by atoms with Crippen molar-refractivity contribution in [2.24, 2.45) is 22.7 Å². The predicted molar refractivity (Wildman–Crippen MR) is 86.0 cm³/mol. The highest BCUT2D eigenvalue weighted by Crippen LogP contribution is 2.66. The summed E-state index contributed by atoms with van der Waals surface area (Å²) in [5.41, 5.74) is -4.60. The number of Topliss-reactive ketones (excluding diaryl/α,β-unsaturated/α-hetero) is 1. The molecule has 7 atom stereocenters. The van der Waals surface area contributed by atoms with Crippen molar-refractivity contribution in [3.8, 4) is 0 Å². The molecule has 0 unspecified atom stereocenters. The van der Waals surface area contributed by atoms with Gasteiger partial charge in [-0.3, -0.25) is 9.59 Å². The maximum atomic E-state index is 12.8. The molecule has 4 aliphatic rings. The summed E-state index contributed by atoms with van der Waals surface area (Å²) >= 11 is 0. The van der Waals surface area contributed by atoms with Crippen LogP contribution in [0.4, 0.5) is 0 Å². The average Bonchev–Trinajstić information content (AvgIpc) is 2.77. The van der Waals surface area contributed by atoms with E-state index < -0.39 is 28.1 Å². The lowest BCUT2D eigenvalue weighted by molar-refractivity contribution is -0.257. The van der Waals surface area contributed by atoms with Crippen molar-refractivity contribution < 1.29 is 24.9 Å². The number of hydrogen-bond acceptors (Lipinski definition) is 5. The Morgan fingerprint density at radius 3 is 2.50 bits per heavy atom. The van der Waals surface area contributed by atoms with Gasteiger partial charge in [-0.05, 0) is 63.9 Å². The summed E-state index contributed by atoms with van der Waals surface area (Å²) in [5, 5.41) is 33.4. The minimum absolute atomic E-state index is 0.0822. The molecule has 0 radical (unpaired) electrons. The molecule has 0 heterocycles. The topological polar surface area (TPSA) is 94.8 Å². The fraction of sp³-hybridized carbons (Fsp3) is 0.789. The number of rotatable bonds is 0. The number of fused-ring (bicyclic) bond motifs is 5. The fourth-order valence-electron chi connectivity index (χ4n) is 6.44. The monoisotopic (exact) mass is 334 g/mol. The Balaban J connectivity index is 1.85. The van der Waals surface area contributed by atoms with Gasteiger partial charge in [-0.2, -0.15) is 0 Å². The van der Waals surface area contributed by atoms with E-state index in [0.29, 0.717) is 25.7 Å². The molecule has 3 N–H and O–H groups in total. The van der Waals surface area contributed by atoms with E-state index in [1.807, 2.05) is 6.92 Å². The first-order valence-corrected chi connectivity index (χ1v) is 8.98. The zero-order valence-corrected chi connectivity index (χ0v) is 14.3. The number of carbonyl (C=O) groups excluding carboxylic acids is 2. The molecule has 0 spiro atoms. The van der Waals surface area contributed by atoms with Gasteiger partial charge in [0.2, 0.25) is 0 Å². The zero-order valence-electron chi connectivity index (χ0n) is 14.3. The summed E-state index contributed by atoms with van der Waals surface area (Å²) in [6.45, 7) is 3.57. The van der Waals surface area contributed by atoms with Crippen LogP contribution in [0.2, 0.25) is 0 Å². The molecule has 0 bridgehead atoms. The van der Waals surface area contributed by atoms with Gasteiger partial charge in [0, 0.05) is 6.42 Å². The second-order valence-electron chi connectivity index (χ2n) is 8.78. The highest BCUT2D eigenvalue weighted by Gasteiger charge is 2.73. The quantitative estimate of drug-likeness (QED) is 0.618. The summed E-state index contributed by atoms with van der Waals surface area (Å²) in [4.78, 5) is 25.2. The summed E-state index contributed by atoms with van der Waals surface area (Å²) < 4.78 is 0. The van der Waals surface area contributed by atoms with E-state index >= 15 is 0 Å². The first-order chi connectivity index (χ1) is 11.1. The van der Waals surface area contributed by atoms with Gasteiger partial charge in [-0.1, -0.05) is 6.08 Å². The molecule has 132 valence electrons. The summed E-state index contributed by atoms with van der Waals surface area (Å²) in [7, 11) is 0. The smallest absolute Gasteiger partial charge is 0.164 e. The molecular weight excluding hydrogens is 308 g/mol. The van der Waals surface area contributed by atoms with Crippen LogP contribution in [0.25, 0.3) is 0 Å². The molecule has 4 rings (SSSR count). The number of hydrogen-bond donors (Lipinski definition) is 3. The van der Waals surface area contributed by atoms with Crippen molar-refractivity contribution in [2.45, 2.75) is 69.7 Å². The number of aliphatic hydroxyl groups is 3. The Morgan fingerprint density at radius 2 is 1.79 bits per heavy atom. The van der Waals surface area contributed by atoms with Crippen molar-refractivity contribution in [3.05, 3.63) is 12.2 Å². The van der Waals surface area contributed by atoms with E-state index in [0.717, 1.165) is 0 Å². The lowest BCUT2D eigenvalue weighted by Gasteiger charge is -2.64. The lowest BCUT2D eigenvalue weighted by Crippen LogP contribution is -2.72. The molecule has 24 heavy (non-hydrogen) atoms. The predicted octanol–water partition coefficient (Wildman–Crippen LogP) is 1.14. The van der Waals surface area contributed by atoms with Crippen LogP contribution in [0, 0.1) is 22.7 Å². The molecule has 0 aromatic heterocycles. The maximum Gasteiger partial charge on any atom is 0.164 e. The molecule has 5 heteroatoms. The van der Waals surface area contributed by atoms with Crippen molar-refractivity contribution in [2.75, 3.05) is 0 Å². The van der Waals surface area contributed by atoms with Crippen LogP contribution in [-0.2, 0) is 9.59 Å². The standard InChI is InChI=1S/C19H26O5/c1-16-8-5-11-12(18(16,23)9-6-13(16)20)10-15(22)19(24)7-3-4-14(21)17(11,19)2/h3-4,11-12,15,22-24H,5-10H2,1-2H3/t11-,12+,15+,16+,17-,18+,19-/m0/s1.